The third kappa shape index (κ3) is 4.69. The van der Waals surface area contributed by atoms with Crippen LogP contribution >= 0.6 is 11.8 Å². The van der Waals surface area contributed by atoms with Crippen molar-refractivity contribution in [3.8, 4) is 0 Å². The lowest BCUT2D eigenvalue weighted by Gasteiger charge is -2.40. The molecule has 7 heteroatoms. The first-order valence-corrected chi connectivity index (χ1v) is 13.4. The Bertz CT molecular complexity index is 775. The summed E-state index contributed by atoms with van der Waals surface area (Å²) in [6.45, 7) is 4.25. The summed E-state index contributed by atoms with van der Waals surface area (Å²) in [7, 11) is 0. The topological polar surface area (TPSA) is 70.4 Å². The standard InChI is InChI=1S/C24H38N4O2S/c1-16-21-15-22(31-24(21)28(26-16)19-5-3-2-4-6-19)23(30)25-17-11-13-27(14-12-17)18-7-9-20(29)10-8-18/h17-20,22,29H,2-15H2,1H3,(H,25,30). The van der Waals surface area contributed by atoms with E-state index in [0.29, 0.717) is 18.1 Å². The van der Waals surface area contributed by atoms with Crippen molar-refractivity contribution in [1.82, 2.24) is 20.0 Å². The predicted molar refractivity (Wildman–Crippen MR) is 123 cm³/mol. The van der Waals surface area contributed by atoms with Gasteiger partial charge in [-0.3, -0.25) is 9.48 Å². The van der Waals surface area contributed by atoms with Gasteiger partial charge in [-0.25, -0.2) is 0 Å². The van der Waals surface area contributed by atoms with E-state index in [4.69, 9.17) is 5.10 Å². The van der Waals surface area contributed by atoms with Crippen LogP contribution in [0.4, 0.5) is 0 Å². The molecule has 3 fully saturated rings. The van der Waals surface area contributed by atoms with Crippen molar-refractivity contribution in [2.45, 2.75) is 118 Å². The summed E-state index contributed by atoms with van der Waals surface area (Å²) < 4.78 is 2.27. The van der Waals surface area contributed by atoms with Crippen LogP contribution in [0.25, 0.3) is 0 Å². The van der Waals surface area contributed by atoms with Crippen LogP contribution in [0.1, 0.15) is 87.9 Å². The smallest absolute Gasteiger partial charge is 0.234 e. The SMILES string of the molecule is Cc1nn(C2CCCCC2)c2c1CC(C(=O)NC1CCN(C3CCC(O)CC3)CC1)S2. The zero-order valence-electron chi connectivity index (χ0n) is 18.9. The largest absolute Gasteiger partial charge is 0.393 e. The molecule has 3 heterocycles. The van der Waals surface area contributed by atoms with Crippen LogP contribution in [0.15, 0.2) is 5.03 Å². The van der Waals surface area contributed by atoms with Crippen molar-refractivity contribution in [2.75, 3.05) is 13.1 Å². The van der Waals surface area contributed by atoms with E-state index in [2.05, 4.69) is 21.8 Å². The van der Waals surface area contributed by atoms with Gasteiger partial charge in [0, 0.05) is 30.7 Å². The van der Waals surface area contributed by atoms with Gasteiger partial charge in [-0.1, -0.05) is 31.0 Å². The summed E-state index contributed by atoms with van der Waals surface area (Å²) in [6, 6.07) is 1.46. The lowest BCUT2D eigenvalue weighted by molar-refractivity contribution is -0.121. The first kappa shape index (κ1) is 21.8. The number of carbonyl (C=O) groups is 1. The van der Waals surface area contributed by atoms with Crippen LogP contribution in [-0.4, -0.2) is 62.2 Å². The van der Waals surface area contributed by atoms with Crippen molar-refractivity contribution in [3.63, 3.8) is 0 Å². The monoisotopic (exact) mass is 446 g/mol. The number of thioether (sulfide) groups is 1. The number of fused-ring (bicyclic) bond motifs is 1. The number of piperidine rings is 1. The van der Waals surface area contributed by atoms with Crippen LogP contribution in [0, 0.1) is 6.92 Å². The van der Waals surface area contributed by atoms with E-state index in [1.807, 2.05) is 0 Å². The fourth-order valence-corrected chi connectivity index (χ4v) is 7.49. The molecule has 1 atom stereocenters. The number of rotatable bonds is 4. The highest BCUT2D eigenvalue weighted by Crippen LogP contribution is 2.42. The summed E-state index contributed by atoms with van der Waals surface area (Å²) in [5.41, 5.74) is 2.43. The molecule has 2 saturated carbocycles. The van der Waals surface area contributed by atoms with E-state index in [-0.39, 0.29) is 17.3 Å². The van der Waals surface area contributed by atoms with Crippen LogP contribution in [0.2, 0.25) is 0 Å². The molecule has 172 valence electrons. The molecule has 0 radical (unpaired) electrons. The number of hydrogen-bond acceptors (Lipinski definition) is 5. The third-order valence-electron chi connectivity index (χ3n) is 8.08. The van der Waals surface area contributed by atoms with E-state index in [9.17, 15) is 9.90 Å². The van der Waals surface area contributed by atoms with Crippen molar-refractivity contribution < 1.29 is 9.90 Å². The number of likely N-dealkylation sites (tertiary alicyclic amines) is 1. The minimum atomic E-state index is -0.0880. The number of amides is 1. The van der Waals surface area contributed by atoms with E-state index in [1.54, 1.807) is 11.8 Å². The van der Waals surface area contributed by atoms with Gasteiger partial charge >= 0.3 is 0 Å². The van der Waals surface area contributed by atoms with E-state index < -0.39 is 0 Å². The Balaban J connectivity index is 1.13. The third-order valence-corrected chi connectivity index (χ3v) is 9.40. The van der Waals surface area contributed by atoms with Gasteiger partial charge in [0.25, 0.3) is 0 Å². The Morgan fingerprint density at radius 3 is 2.42 bits per heavy atom. The van der Waals surface area contributed by atoms with Gasteiger partial charge in [-0.05, 0) is 64.7 Å². The molecular formula is C24H38N4O2S. The van der Waals surface area contributed by atoms with Crippen LogP contribution in [0.5, 0.6) is 0 Å². The maximum absolute atomic E-state index is 13.1. The van der Waals surface area contributed by atoms with Crippen molar-refractivity contribution in [1.29, 1.82) is 0 Å². The number of nitrogens with one attached hydrogen (secondary N) is 1. The number of aliphatic hydroxyl groups is 1. The Labute approximate surface area is 190 Å². The minimum Gasteiger partial charge on any atom is -0.393 e. The summed E-state index contributed by atoms with van der Waals surface area (Å²) in [4.78, 5) is 15.7. The molecule has 0 spiro atoms. The molecule has 1 aromatic heterocycles. The number of nitrogens with zero attached hydrogens (tertiary/aromatic N) is 3. The van der Waals surface area contributed by atoms with E-state index in [0.717, 1.165) is 63.7 Å². The lowest BCUT2D eigenvalue weighted by atomic mass is 9.90. The van der Waals surface area contributed by atoms with Crippen LogP contribution < -0.4 is 5.32 Å². The molecule has 1 amide bonds. The van der Waals surface area contributed by atoms with E-state index >= 15 is 0 Å². The molecule has 6 nitrogen and oxygen atoms in total. The molecule has 5 rings (SSSR count). The molecule has 2 aliphatic carbocycles. The maximum Gasteiger partial charge on any atom is 0.234 e. The van der Waals surface area contributed by atoms with Gasteiger partial charge in [0.1, 0.15) is 0 Å². The first-order chi connectivity index (χ1) is 15.1. The van der Waals surface area contributed by atoms with E-state index in [1.165, 1.54) is 42.7 Å². The lowest BCUT2D eigenvalue weighted by Crippen LogP contribution is -2.50. The highest BCUT2D eigenvalue weighted by atomic mass is 32.2. The molecule has 31 heavy (non-hydrogen) atoms. The summed E-state index contributed by atoms with van der Waals surface area (Å²) in [5.74, 6) is 0.218. The van der Waals surface area contributed by atoms with Crippen molar-refractivity contribution in [2.24, 2.45) is 0 Å². The number of carbonyl (C=O) groups excluding carboxylic acids is 1. The van der Waals surface area contributed by atoms with Gasteiger partial charge in [0.05, 0.1) is 28.1 Å². The average Bonchev–Trinajstić information content (AvgIpc) is 3.36. The Hall–Kier alpha value is -1.05. The Kier molecular flexibility index (Phi) is 6.63. The van der Waals surface area contributed by atoms with Gasteiger partial charge in [-0.2, -0.15) is 5.10 Å². The fourth-order valence-electron chi connectivity index (χ4n) is 6.13. The van der Waals surface area contributed by atoms with Crippen LogP contribution in [-0.2, 0) is 11.2 Å². The maximum atomic E-state index is 13.1. The molecule has 1 unspecified atom stereocenters. The van der Waals surface area contributed by atoms with Crippen LogP contribution in [0.3, 0.4) is 0 Å². The molecular weight excluding hydrogens is 408 g/mol. The molecule has 0 bridgehead atoms. The van der Waals surface area contributed by atoms with Gasteiger partial charge in [0.15, 0.2) is 0 Å². The Morgan fingerprint density at radius 2 is 1.71 bits per heavy atom. The first-order valence-electron chi connectivity index (χ1n) is 12.6. The number of aryl methyl sites for hydroxylation is 1. The molecule has 2 N–H and O–H groups in total. The summed E-state index contributed by atoms with van der Waals surface area (Å²) in [6.07, 6.45) is 13.3. The summed E-state index contributed by atoms with van der Waals surface area (Å²) in [5, 5.41) is 19.3. The highest BCUT2D eigenvalue weighted by Gasteiger charge is 2.36. The number of hydrogen-bond donors (Lipinski definition) is 2. The molecule has 1 aromatic rings. The number of aliphatic hydroxyl groups excluding tert-OH is 1. The Morgan fingerprint density at radius 1 is 1.00 bits per heavy atom. The predicted octanol–water partition coefficient (Wildman–Crippen LogP) is 3.60. The van der Waals surface area contributed by atoms with Gasteiger partial charge in [0.2, 0.25) is 5.91 Å². The quantitative estimate of drug-likeness (QED) is 0.740. The normalized spacial score (nSPS) is 31.0. The van der Waals surface area contributed by atoms with Crippen molar-refractivity contribution in [3.05, 3.63) is 11.3 Å². The molecule has 2 aliphatic heterocycles. The van der Waals surface area contributed by atoms with Gasteiger partial charge < -0.3 is 15.3 Å². The second-order valence-corrected chi connectivity index (χ2v) is 11.4. The molecule has 1 saturated heterocycles. The molecule has 4 aliphatic rings. The summed E-state index contributed by atoms with van der Waals surface area (Å²) >= 11 is 1.75. The second-order valence-electron chi connectivity index (χ2n) is 10.2. The van der Waals surface area contributed by atoms with Crippen molar-refractivity contribution >= 4 is 17.7 Å². The highest BCUT2D eigenvalue weighted by molar-refractivity contribution is 8.00. The zero-order chi connectivity index (χ0) is 21.4. The zero-order valence-corrected chi connectivity index (χ0v) is 19.7. The minimum absolute atomic E-state index is 0.000553. The van der Waals surface area contributed by atoms with Gasteiger partial charge in [-0.15, -0.1) is 0 Å². The second kappa shape index (κ2) is 9.44. The molecule has 0 aromatic carbocycles. The number of aromatic nitrogens is 2. The fraction of sp³-hybridized carbons (Fsp3) is 0.833. The average molecular weight is 447 g/mol.